The highest BCUT2D eigenvalue weighted by molar-refractivity contribution is 14.0. The first-order valence-electron chi connectivity index (χ1n) is 9.13. The third-order valence-electron chi connectivity index (χ3n) is 4.38. The molecule has 1 aromatic heterocycles. The lowest BCUT2D eigenvalue weighted by atomic mass is 9.86. The van der Waals surface area contributed by atoms with Crippen molar-refractivity contribution in [1.29, 1.82) is 0 Å². The Morgan fingerprint density at radius 2 is 2.00 bits per heavy atom. The summed E-state index contributed by atoms with van der Waals surface area (Å²) < 4.78 is 32.0. The van der Waals surface area contributed by atoms with Crippen molar-refractivity contribution in [2.75, 3.05) is 26.7 Å². The first-order valence-corrected chi connectivity index (χ1v) is 11.5. The van der Waals surface area contributed by atoms with E-state index in [4.69, 9.17) is 4.74 Å². The molecule has 0 aromatic carbocycles. The van der Waals surface area contributed by atoms with Crippen molar-refractivity contribution in [3.8, 4) is 0 Å². The molecule has 3 N–H and O–H groups in total. The molecule has 1 aliphatic rings. The van der Waals surface area contributed by atoms with Gasteiger partial charge in [-0.3, -0.25) is 9.79 Å². The standard InChI is InChI=1S/C17H28N4O4S2.HI/c1-3-25-16(22)13-6-8-14(9-7-13)21-17(18-2)19-10-11-20-27(23,24)15-5-4-12-26-15;/h4-5,12-14,20H,3,6-11H2,1-2H3,(H2,18,19,21);1H. The van der Waals surface area contributed by atoms with Crippen molar-refractivity contribution in [1.82, 2.24) is 15.4 Å². The highest BCUT2D eigenvalue weighted by Gasteiger charge is 2.27. The van der Waals surface area contributed by atoms with Crippen LogP contribution in [0.4, 0.5) is 0 Å². The minimum absolute atomic E-state index is 0. The molecule has 0 spiro atoms. The van der Waals surface area contributed by atoms with Crippen LogP contribution in [0.2, 0.25) is 0 Å². The number of esters is 1. The molecule has 0 amide bonds. The maximum Gasteiger partial charge on any atom is 0.308 e. The number of carbonyl (C=O) groups is 1. The number of guanidine groups is 1. The van der Waals surface area contributed by atoms with Gasteiger partial charge in [0.15, 0.2) is 5.96 Å². The van der Waals surface area contributed by atoms with Gasteiger partial charge in [0, 0.05) is 26.2 Å². The van der Waals surface area contributed by atoms with Crippen LogP contribution in [0.15, 0.2) is 26.7 Å². The molecular weight excluding hydrogens is 515 g/mol. The molecule has 0 saturated heterocycles. The molecule has 1 saturated carbocycles. The fraction of sp³-hybridized carbons (Fsp3) is 0.647. The van der Waals surface area contributed by atoms with Gasteiger partial charge in [-0.05, 0) is 44.1 Å². The maximum atomic E-state index is 12.0. The lowest BCUT2D eigenvalue weighted by Crippen LogP contribution is -2.47. The zero-order chi connectivity index (χ0) is 19.7. The molecule has 0 bridgehead atoms. The molecule has 1 aromatic rings. The second-order valence-corrected chi connectivity index (χ2v) is 9.22. The number of hydrogen-bond acceptors (Lipinski definition) is 6. The quantitative estimate of drug-likeness (QED) is 0.152. The highest BCUT2D eigenvalue weighted by atomic mass is 127. The zero-order valence-electron chi connectivity index (χ0n) is 16.1. The summed E-state index contributed by atoms with van der Waals surface area (Å²) in [5.41, 5.74) is 0. The summed E-state index contributed by atoms with van der Waals surface area (Å²) in [7, 11) is -1.77. The Hall–Kier alpha value is -0.920. The van der Waals surface area contributed by atoms with Crippen LogP contribution in [-0.4, -0.2) is 53.1 Å². The van der Waals surface area contributed by atoms with E-state index in [-0.39, 0.29) is 48.5 Å². The smallest absolute Gasteiger partial charge is 0.308 e. The van der Waals surface area contributed by atoms with Crippen LogP contribution in [0, 0.1) is 5.92 Å². The van der Waals surface area contributed by atoms with Crippen LogP contribution in [0.25, 0.3) is 0 Å². The Bertz CT molecular complexity index is 718. The normalized spacial score (nSPS) is 20.1. The van der Waals surface area contributed by atoms with Gasteiger partial charge >= 0.3 is 5.97 Å². The predicted octanol–water partition coefficient (Wildman–Crippen LogP) is 1.93. The summed E-state index contributed by atoms with van der Waals surface area (Å²) in [6.45, 7) is 2.92. The van der Waals surface area contributed by atoms with E-state index in [0.29, 0.717) is 23.3 Å². The predicted molar refractivity (Wildman–Crippen MR) is 122 cm³/mol. The number of hydrogen-bond donors (Lipinski definition) is 3. The molecule has 28 heavy (non-hydrogen) atoms. The second kappa shape index (κ2) is 12.6. The van der Waals surface area contributed by atoms with Crippen LogP contribution < -0.4 is 15.4 Å². The van der Waals surface area contributed by atoms with Crippen LogP contribution >= 0.6 is 35.3 Å². The number of sulfonamides is 1. The Morgan fingerprint density at radius 3 is 2.57 bits per heavy atom. The molecule has 0 aliphatic heterocycles. The van der Waals surface area contributed by atoms with Crippen molar-refractivity contribution in [2.45, 2.75) is 42.9 Å². The van der Waals surface area contributed by atoms with Crippen LogP contribution in [0.3, 0.4) is 0 Å². The Balaban J connectivity index is 0.00000392. The Kier molecular flexibility index (Phi) is 11.3. The summed E-state index contributed by atoms with van der Waals surface area (Å²) >= 11 is 1.19. The van der Waals surface area contributed by atoms with E-state index >= 15 is 0 Å². The summed E-state index contributed by atoms with van der Waals surface area (Å²) in [6, 6.07) is 3.53. The van der Waals surface area contributed by atoms with Gasteiger partial charge in [-0.25, -0.2) is 13.1 Å². The molecule has 0 radical (unpaired) electrons. The molecule has 11 heteroatoms. The lowest BCUT2D eigenvalue weighted by Gasteiger charge is -2.29. The lowest BCUT2D eigenvalue weighted by molar-refractivity contribution is -0.149. The number of halogens is 1. The number of thiophene rings is 1. The third-order valence-corrected chi connectivity index (χ3v) is 7.24. The fourth-order valence-electron chi connectivity index (χ4n) is 2.98. The van der Waals surface area contributed by atoms with Crippen molar-refractivity contribution in [2.24, 2.45) is 10.9 Å². The van der Waals surface area contributed by atoms with E-state index in [1.807, 2.05) is 6.92 Å². The van der Waals surface area contributed by atoms with Gasteiger partial charge in [-0.1, -0.05) is 6.07 Å². The summed E-state index contributed by atoms with van der Waals surface area (Å²) in [6.07, 6.45) is 3.34. The van der Waals surface area contributed by atoms with Crippen LogP contribution in [0.1, 0.15) is 32.6 Å². The van der Waals surface area contributed by atoms with Crippen molar-refractivity contribution in [3.05, 3.63) is 17.5 Å². The molecular formula is C17H29IN4O4S2. The molecule has 1 fully saturated rings. The average molecular weight is 544 g/mol. The fourth-order valence-corrected chi connectivity index (χ4v) is 5.04. The number of nitrogens with one attached hydrogen (secondary N) is 3. The topological polar surface area (TPSA) is 109 Å². The first kappa shape index (κ1) is 25.1. The number of carbonyl (C=O) groups excluding carboxylic acids is 1. The van der Waals surface area contributed by atoms with Crippen molar-refractivity contribution < 1.29 is 17.9 Å². The number of aliphatic imine (C=N–C) groups is 1. The van der Waals surface area contributed by atoms with Gasteiger partial charge < -0.3 is 15.4 Å². The molecule has 0 unspecified atom stereocenters. The van der Waals surface area contributed by atoms with E-state index in [2.05, 4.69) is 20.3 Å². The second-order valence-electron chi connectivity index (χ2n) is 6.27. The van der Waals surface area contributed by atoms with Crippen molar-refractivity contribution in [3.63, 3.8) is 0 Å². The molecule has 160 valence electrons. The minimum atomic E-state index is -3.44. The molecule has 0 atom stereocenters. The summed E-state index contributed by atoms with van der Waals surface area (Å²) in [5.74, 6) is 0.519. The van der Waals surface area contributed by atoms with Gasteiger partial charge in [-0.15, -0.1) is 35.3 Å². The van der Waals surface area contributed by atoms with Crippen LogP contribution in [-0.2, 0) is 19.6 Å². The monoisotopic (exact) mass is 544 g/mol. The Morgan fingerprint density at radius 1 is 1.29 bits per heavy atom. The Labute approximate surface area is 188 Å². The van der Waals surface area contributed by atoms with E-state index in [0.717, 1.165) is 25.7 Å². The van der Waals surface area contributed by atoms with E-state index in [9.17, 15) is 13.2 Å². The third kappa shape index (κ3) is 7.84. The molecule has 8 nitrogen and oxygen atoms in total. The molecule has 1 aliphatic carbocycles. The maximum absolute atomic E-state index is 12.0. The molecule has 1 heterocycles. The first-order chi connectivity index (χ1) is 13.0. The summed E-state index contributed by atoms with van der Waals surface area (Å²) in [5, 5.41) is 8.18. The van der Waals surface area contributed by atoms with Gasteiger partial charge in [0.25, 0.3) is 0 Å². The minimum Gasteiger partial charge on any atom is -0.466 e. The van der Waals surface area contributed by atoms with Crippen molar-refractivity contribution >= 4 is 57.3 Å². The van der Waals surface area contributed by atoms with Gasteiger partial charge in [0.05, 0.1) is 12.5 Å². The zero-order valence-corrected chi connectivity index (χ0v) is 20.1. The number of nitrogens with zero attached hydrogens (tertiary/aromatic N) is 1. The summed E-state index contributed by atoms with van der Waals surface area (Å²) in [4.78, 5) is 16.0. The van der Waals surface area contributed by atoms with E-state index in [1.165, 1.54) is 11.3 Å². The van der Waals surface area contributed by atoms with E-state index in [1.54, 1.807) is 24.6 Å². The highest BCUT2D eigenvalue weighted by Crippen LogP contribution is 2.25. The van der Waals surface area contributed by atoms with Gasteiger partial charge in [-0.2, -0.15) is 0 Å². The number of ether oxygens (including phenoxy) is 1. The molecule has 2 rings (SSSR count). The number of rotatable bonds is 8. The van der Waals surface area contributed by atoms with Crippen LogP contribution in [0.5, 0.6) is 0 Å². The van der Waals surface area contributed by atoms with E-state index < -0.39 is 10.0 Å². The largest absolute Gasteiger partial charge is 0.466 e. The van der Waals surface area contributed by atoms with Gasteiger partial charge in [0.2, 0.25) is 10.0 Å². The van der Waals surface area contributed by atoms with Gasteiger partial charge in [0.1, 0.15) is 4.21 Å². The average Bonchev–Trinajstić information content (AvgIpc) is 3.20. The SMILES string of the molecule is CCOC(=O)C1CCC(NC(=NC)NCCNS(=O)(=O)c2cccs2)CC1.I.